The first kappa shape index (κ1) is 15.3. The number of hydrogen-bond donors (Lipinski definition) is 2. The second-order valence-electron chi connectivity index (χ2n) is 5.36. The van der Waals surface area contributed by atoms with Gasteiger partial charge in [-0.05, 0) is 32.5 Å². The zero-order valence-corrected chi connectivity index (χ0v) is 12.6. The summed E-state index contributed by atoms with van der Waals surface area (Å²) in [5.74, 6) is 5.75. The molecule has 0 fully saturated rings. The van der Waals surface area contributed by atoms with Crippen molar-refractivity contribution in [2.75, 3.05) is 7.05 Å². The van der Waals surface area contributed by atoms with E-state index in [0.717, 1.165) is 17.9 Å². The van der Waals surface area contributed by atoms with E-state index < -0.39 is 5.91 Å². The summed E-state index contributed by atoms with van der Waals surface area (Å²) in [5, 5.41) is 0. The van der Waals surface area contributed by atoms with E-state index in [0.29, 0.717) is 6.54 Å². The van der Waals surface area contributed by atoms with Gasteiger partial charge in [-0.15, -0.1) is 0 Å². The molecule has 1 heterocycles. The Labute approximate surface area is 124 Å². The molecule has 0 aliphatic rings. The van der Waals surface area contributed by atoms with Crippen molar-refractivity contribution in [3.05, 3.63) is 58.5 Å². The molecular weight excluding hydrogens is 266 g/mol. The quantitative estimate of drug-likeness (QED) is 0.502. The molecule has 0 saturated carbocycles. The highest BCUT2D eigenvalue weighted by molar-refractivity contribution is 5.92. The fraction of sp³-hybridized carbons (Fsp3) is 0.312. The van der Waals surface area contributed by atoms with E-state index >= 15 is 0 Å². The van der Waals surface area contributed by atoms with E-state index in [2.05, 4.69) is 41.5 Å². The molecule has 1 aromatic heterocycles. The molecule has 0 radical (unpaired) electrons. The standard InChI is InChI=1S/C16H21N3O2/c1-11-4-6-13(7-5-11)9-19(3)10-14-8-12(2)15(21-14)16(20)18-17/h4-8H,9-10,17H2,1-3H3,(H,18,20). The predicted octanol–water partition coefficient (Wildman–Crippen LogP) is 2.13. The monoisotopic (exact) mass is 287 g/mol. The molecule has 0 saturated heterocycles. The highest BCUT2D eigenvalue weighted by atomic mass is 16.4. The average Bonchev–Trinajstić information content (AvgIpc) is 2.81. The number of nitrogens with zero attached hydrogens (tertiary/aromatic N) is 1. The van der Waals surface area contributed by atoms with Crippen molar-refractivity contribution in [2.24, 2.45) is 5.84 Å². The molecule has 1 amide bonds. The molecule has 0 atom stereocenters. The number of nitrogens with two attached hydrogens (primary N) is 1. The fourth-order valence-electron chi connectivity index (χ4n) is 2.24. The van der Waals surface area contributed by atoms with Gasteiger partial charge in [0.15, 0.2) is 5.76 Å². The van der Waals surface area contributed by atoms with Crippen LogP contribution in [0.3, 0.4) is 0 Å². The van der Waals surface area contributed by atoms with Crippen molar-refractivity contribution in [3.63, 3.8) is 0 Å². The molecular formula is C16H21N3O2. The van der Waals surface area contributed by atoms with Crippen LogP contribution in [-0.4, -0.2) is 17.9 Å². The third-order valence-corrected chi connectivity index (χ3v) is 3.30. The summed E-state index contributed by atoms with van der Waals surface area (Å²) in [6.45, 7) is 5.35. The van der Waals surface area contributed by atoms with Gasteiger partial charge >= 0.3 is 5.91 Å². The third kappa shape index (κ3) is 3.93. The van der Waals surface area contributed by atoms with Gasteiger partial charge in [-0.2, -0.15) is 0 Å². The number of furan rings is 1. The number of hydrazine groups is 1. The van der Waals surface area contributed by atoms with Gasteiger partial charge < -0.3 is 4.42 Å². The fourth-order valence-corrected chi connectivity index (χ4v) is 2.24. The van der Waals surface area contributed by atoms with Crippen LogP contribution in [0.5, 0.6) is 0 Å². The number of benzene rings is 1. The predicted molar refractivity (Wildman–Crippen MR) is 81.4 cm³/mol. The maximum Gasteiger partial charge on any atom is 0.301 e. The average molecular weight is 287 g/mol. The maximum absolute atomic E-state index is 11.5. The summed E-state index contributed by atoms with van der Waals surface area (Å²) in [7, 11) is 2.01. The van der Waals surface area contributed by atoms with Crippen LogP contribution in [0.4, 0.5) is 0 Å². The second kappa shape index (κ2) is 6.56. The lowest BCUT2D eigenvalue weighted by atomic mass is 10.1. The number of hydrogen-bond acceptors (Lipinski definition) is 4. The van der Waals surface area contributed by atoms with E-state index in [4.69, 9.17) is 10.3 Å². The highest BCUT2D eigenvalue weighted by Crippen LogP contribution is 2.17. The minimum Gasteiger partial charge on any atom is -0.454 e. The Bertz CT molecular complexity index is 617. The third-order valence-electron chi connectivity index (χ3n) is 3.30. The van der Waals surface area contributed by atoms with Gasteiger partial charge in [0.25, 0.3) is 0 Å². The first-order valence-electron chi connectivity index (χ1n) is 6.84. The molecule has 0 unspecified atom stereocenters. The van der Waals surface area contributed by atoms with Gasteiger partial charge in [-0.1, -0.05) is 29.8 Å². The number of rotatable bonds is 5. The van der Waals surface area contributed by atoms with E-state index in [9.17, 15) is 4.79 Å². The molecule has 1 aromatic carbocycles. The van der Waals surface area contributed by atoms with Crippen LogP contribution in [0.25, 0.3) is 0 Å². The molecule has 2 rings (SSSR count). The Morgan fingerprint density at radius 3 is 2.52 bits per heavy atom. The Morgan fingerprint density at radius 2 is 1.90 bits per heavy atom. The summed E-state index contributed by atoms with van der Waals surface area (Å²) in [6, 6.07) is 10.3. The largest absolute Gasteiger partial charge is 0.454 e. The molecule has 0 bridgehead atoms. The van der Waals surface area contributed by atoms with Gasteiger partial charge in [0, 0.05) is 12.1 Å². The van der Waals surface area contributed by atoms with Crippen LogP contribution in [0, 0.1) is 13.8 Å². The first-order chi connectivity index (χ1) is 9.99. The van der Waals surface area contributed by atoms with E-state index in [-0.39, 0.29) is 5.76 Å². The van der Waals surface area contributed by atoms with Gasteiger partial charge in [0.1, 0.15) is 5.76 Å². The lowest BCUT2D eigenvalue weighted by molar-refractivity contribution is 0.0921. The molecule has 21 heavy (non-hydrogen) atoms. The minimum atomic E-state index is -0.403. The lowest BCUT2D eigenvalue weighted by Crippen LogP contribution is -2.30. The number of amides is 1. The molecule has 5 heteroatoms. The summed E-state index contributed by atoms with van der Waals surface area (Å²) in [6.07, 6.45) is 0. The number of carbonyl (C=O) groups excluding carboxylic acids is 1. The minimum absolute atomic E-state index is 0.274. The van der Waals surface area contributed by atoms with Crippen LogP contribution in [-0.2, 0) is 13.1 Å². The number of nitrogens with one attached hydrogen (secondary N) is 1. The normalized spacial score (nSPS) is 10.9. The van der Waals surface area contributed by atoms with E-state index in [1.165, 1.54) is 11.1 Å². The summed E-state index contributed by atoms with van der Waals surface area (Å²) >= 11 is 0. The van der Waals surface area contributed by atoms with Crippen LogP contribution < -0.4 is 11.3 Å². The van der Waals surface area contributed by atoms with Crippen LogP contribution in [0.1, 0.15) is 33.0 Å². The van der Waals surface area contributed by atoms with E-state index in [1.807, 2.05) is 20.0 Å². The summed E-state index contributed by atoms with van der Waals surface area (Å²) < 4.78 is 5.56. The topological polar surface area (TPSA) is 71.5 Å². The smallest absolute Gasteiger partial charge is 0.301 e. The van der Waals surface area contributed by atoms with Crippen molar-refractivity contribution >= 4 is 5.91 Å². The highest BCUT2D eigenvalue weighted by Gasteiger charge is 2.15. The Morgan fingerprint density at radius 1 is 1.24 bits per heavy atom. The van der Waals surface area contributed by atoms with Crippen LogP contribution >= 0.6 is 0 Å². The van der Waals surface area contributed by atoms with Crippen molar-refractivity contribution in [1.82, 2.24) is 10.3 Å². The van der Waals surface area contributed by atoms with Crippen LogP contribution in [0.2, 0.25) is 0 Å². The Kier molecular flexibility index (Phi) is 4.77. The molecule has 0 spiro atoms. The van der Waals surface area contributed by atoms with Crippen molar-refractivity contribution < 1.29 is 9.21 Å². The van der Waals surface area contributed by atoms with Gasteiger partial charge in [0.2, 0.25) is 0 Å². The molecule has 112 valence electrons. The van der Waals surface area contributed by atoms with Gasteiger partial charge in [-0.3, -0.25) is 15.1 Å². The molecule has 0 aliphatic heterocycles. The number of carbonyl (C=O) groups is 1. The zero-order valence-electron chi connectivity index (χ0n) is 12.6. The molecule has 2 aromatic rings. The summed E-state index contributed by atoms with van der Waals surface area (Å²) in [5.41, 5.74) is 5.37. The molecule has 5 nitrogen and oxygen atoms in total. The number of nitrogen functional groups attached to an aromatic ring is 1. The maximum atomic E-state index is 11.5. The van der Waals surface area contributed by atoms with Crippen molar-refractivity contribution in [3.8, 4) is 0 Å². The number of aryl methyl sites for hydroxylation is 2. The van der Waals surface area contributed by atoms with E-state index in [1.54, 1.807) is 0 Å². The van der Waals surface area contributed by atoms with Crippen molar-refractivity contribution in [1.29, 1.82) is 0 Å². The van der Waals surface area contributed by atoms with Gasteiger partial charge in [0.05, 0.1) is 6.54 Å². The molecule has 0 aliphatic carbocycles. The summed E-state index contributed by atoms with van der Waals surface area (Å²) in [4.78, 5) is 13.6. The zero-order chi connectivity index (χ0) is 15.4. The van der Waals surface area contributed by atoms with Gasteiger partial charge in [-0.25, -0.2) is 5.84 Å². The second-order valence-corrected chi connectivity index (χ2v) is 5.36. The van der Waals surface area contributed by atoms with Crippen molar-refractivity contribution in [2.45, 2.75) is 26.9 Å². The Hall–Kier alpha value is -2.11. The van der Waals surface area contributed by atoms with Crippen LogP contribution in [0.15, 0.2) is 34.7 Å². The Balaban J connectivity index is 2.01. The SMILES string of the molecule is Cc1ccc(CN(C)Cc2cc(C)c(C(=O)NN)o2)cc1. The first-order valence-corrected chi connectivity index (χ1v) is 6.84. The molecule has 3 N–H and O–H groups in total. The lowest BCUT2D eigenvalue weighted by Gasteiger charge is -2.15.